The second kappa shape index (κ2) is 6.07. The quantitative estimate of drug-likeness (QED) is 0.837. The van der Waals surface area contributed by atoms with Crippen molar-refractivity contribution in [2.75, 3.05) is 6.61 Å². The maximum atomic E-state index is 12.8. The Hall–Kier alpha value is -2.00. The van der Waals surface area contributed by atoms with Crippen molar-refractivity contribution in [1.82, 2.24) is 0 Å². The Balaban J connectivity index is 3.43. The van der Waals surface area contributed by atoms with Gasteiger partial charge in [0.15, 0.2) is 0 Å². The maximum Gasteiger partial charge on any atom is 0.339 e. The summed E-state index contributed by atoms with van der Waals surface area (Å²) in [6.07, 6.45) is -2.90. The number of benzene rings is 1. The molecule has 0 fully saturated rings. The molecule has 4 nitrogen and oxygen atoms in total. The van der Waals surface area contributed by atoms with Gasteiger partial charge in [0.05, 0.1) is 24.3 Å². The SMILES string of the molecule is CCOC(=O)c1cc(CO)cc(C(F)F)c1C#N. The Morgan fingerprint density at radius 1 is 1.56 bits per heavy atom. The number of aliphatic hydroxyl groups excluding tert-OH is 1. The van der Waals surface area contributed by atoms with Crippen LogP contribution in [0.25, 0.3) is 0 Å². The summed E-state index contributed by atoms with van der Waals surface area (Å²) in [7, 11) is 0. The number of halogens is 2. The number of aliphatic hydroxyl groups is 1. The molecule has 96 valence electrons. The Morgan fingerprint density at radius 3 is 2.67 bits per heavy atom. The van der Waals surface area contributed by atoms with Crippen LogP contribution in [0.4, 0.5) is 8.78 Å². The number of hydrogen-bond acceptors (Lipinski definition) is 4. The number of hydrogen-bond donors (Lipinski definition) is 1. The van der Waals surface area contributed by atoms with Crippen LogP contribution in [0, 0.1) is 11.3 Å². The fraction of sp³-hybridized carbons (Fsp3) is 0.333. The monoisotopic (exact) mass is 255 g/mol. The topological polar surface area (TPSA) is 70.3 Å². The van der Waals surface area contributed by atoms with Gasteiger partial charge in [0, 0.05) is 5.56 Å². The first-order valence-corrected chi connectivity index (χ1v) is 5.18. The number of alkyl halides is 2. The molecule has 0 bridgehead atoms. The molecule has 1 aromatic rings. The lowest BCUT2D eigenvalue weighted by Crippen LogP contribution is -2.10. The number of carbonyl (C=O) groups is 1. The van der Waals surface area contributed by atoms with Gasteiger partial charge in [-0.25, -0.2) is 13.6 Å². The van der Waals surface area contributed by atoms with Crippen LogP contribution in [0.15, 0.2) is 12.1 Å². The van der Waals surface area contributed by atoms with Crippen LogP contribution in [0.2, 0.25) is 0 Å². The molecule has 0 aliphatic rings. The van der Waals surface area contributed by atoms with Gasteiger partial charge in [0.25, 0.3) is 6.43 Å². The maximum absolute atomic E-state index is 12.8. The van der Waals surface area contributed by atoms with Crippen molar-refractivity contribution in [3.8, 4) is 6.07 Å². The van der Waals surface area contributed by atoms with E-state index in [9.17, 15) is 13.6 Å². The molecule has 0 amide bonds. The van der Waals surface area contributed by atoms with Crippen molar-refractivity contribution in [3.63, 3.8) is 0 Å². The van der Waals surface area contributed by atoms with Gasteiger partial charge >= 0.3 is 5.97 Å². The number of nitrogens with zero attached hydrogens (tertiary/aromatic N) is 1. The Bertz CT molecular complexity index is 495. The largest absolute Gasteiger partial charge is 0.462 e. The van der Waals surface area contributed by atoms with Crippen LogP contribution in [0.1, 0.15) is 40.4 Å². The van der Waals surface area contributed by atoms with E-state index in [-0.39, 0.29) is 17.7 Å². The van der Waals surface area contributed by atoms with E-state index >= 15 is 0 Å². The average Bonchev–Trinajstić information content (AvgIpc) is 2.37. The lowest BCUT2D eigenvalue weighted by molar-refractivity contribution is 0.0525. The lowest BCUT2D eigenvalue weighted by atomic mass is 9.98. The summed E-state index contributed by atoms with van der Waals surface area (Å²) in [4.78, 5) is 11.6. The molecule has 0 atom stereocenters. The van der Waals surface area contributed by atoms with Gasteiger partial charge in [-0.05, 0) is 24.6 Å². The van der Waals surface area contributed by atoms with Crippen LogP contribution >= 0.6 is 0 Å². The summed E-state index contributed by atoms with van der Waals surface area (Å²) in [6.45, 7) is 1.13. The molecule has 18 heavy (non-hydrogen) atoms. The molecule has 1 N–H and O–H groups in total. The van der Waals surface area contributed by atoms with E-state index in [0.717, 1.165) is 6.07 Å². The third-order valence-electron chi connectivity index (χ3n) is 2.25. The minimum absolute atomic E-state index is 0.0665. The van der Waals surface area contributed by atoms with Crippen molar-refractivity contribution in [3.05, 3.63) is 34.4 Å². The summed E-state index contributed by atoms with van der Waals surface area (Å²) >= 11 is 0. The minimum Gasteiger partial charge on any atom is -0.462 e. The highest BCUT2D eigenvalue weighted by atomic mass is 19.3. The number of carbonyl (C=O) groups excluding carboxylic acids is 1. The van der Waals surface area contributed by atoms with Gasteiger partial charge in [-0.2, -0.15) is 5.26 Å². The molecule has 1 aromatic carbocycles. The third kappa shape index (κ3) is 2.81. The smallest absolute Gasteiger partial charge is 0.339 e. The Morgan fingerprint density at radius 2 is 2.22 bits per heavy atom. The molecule has 0 aliphatic heterocycles. The predicted octanol–water partition coefficient (Wildman–Crippen LogP) is 2.16. The second-order valence-corrected chi connectivity index (χ2v) is 3.40. The molecule has 0 radical (unpaired) electrons. The Kier molecular flexibility index (Phi) is 4.75. The zero-order valence-corrected chi connectivity index (χ0v) is 9.61. The van der Waals surface area contributed by atoms with Crippen molar-refractivity contribution in [2.24, 2.45) is 0 Å². The molecule has 0 saturated heterocycles. The number of esters is 1. The first-order chi connectivity index (χ1) is 8.54. The van der Waals surface area contributed by atoms with E-state index in [4.69, 9.17) is 10.4 Å². The molecule has 0 unspecified atom stereocenters. The highest BCUT2D eigenvalue weighted by Crippen LogP contribution is 2.27. The summed E-state index contributed by atoms with van der Waals surface area (Å²) in [5.74, 6) is -0.855. The van der Waals surface area contributed by atoms with Crippen molar-refractivity contribution in [1.29, 1.82) is 5.26 Å². The van der Waals surface area contributed by atoms with Gasteiger partial charge in [0.2, 0.25) is 0 Å². The molecule has 0 aromatic heterocycles. The number of nitriles is 1. The standard InChI is InChI=1S/C12H11F2NO3/c1-2-18-12(17)9-4-7(6-16)3-8(11(13)14)10(9)5-15/h3-4,11,16H,2,6H2,1H3. The van der Waals surface area contributed by atoms with Crippen LogP contribution in [-0.4, -0.2) is 17.7 Å². The van der Waals surface area contributed by atoms with E-state index in [1.54, 1.807) is 13.0 Å². The van der Waals surface area contributed by atoms with E-state index in [0.29, 0.717) is 0 Å². The normalized spacial score (nSPS) is 10.2. The first kappa shape index (κ1) is 14.1. The van der Waals surface area contributed by atoms with Gasteiger partial charge in [-0.15, -0.1) is 0 Å². The highest BCUT2D eigenvalue weighted by molar-refractivity contribution is 5.93. The van der Waals surface area contributed by atoms with Gasteiger partial charge < -0.3 is 9.84 Å². The molecule has 0 heterocycles. The average molecular weight is 255 g/mol. The third-order valence-corrected chi connectivity index (χ3v) is 2.25. The summed E-state index contributed by atoms with van der Waals surface area (Å²) in [5, 5.41) is 17.8. The van der Waals surface area contributed by atoms with Crippen molar-refractivity contribution >= 4 is 5.97 Å². The second-order valence-electron chi connectivity index (χ2n) is 3.40. The van der Waals surface area contributed by atoms with Crippen LogP contribution in [-0.2, 0) is 11.3 Å². The highest BCUT2D eigenvalue weighted by Gasteiger charge is 2.22. The fourth-order valence-electron chi connectivity index (χ4n) is 1.48. The molecule has 0 spiro atoms. The zero-order valence-electron chi connectivity index (χ0n) is 9.61. The van der Waals surface area contributed by atoms with E-state index in [1.807, 2.05) is 0 Å². The lowest BCUT2D eigenvalue weighted by Gasteiger charge is -2.10. The van der Waals surface area contributed by atoms with E-state index in [2.05, 4.69) is 4.74 Å². The van der Waals surface area contributed by atoms with Crippen LogP contribution in [0.5, 0.6) is 0 Å². The van der Waals surface area contributed by atoms with Gasteiger partial charge in [-0.1, -0.05) is 0 Å². The van der Waals surface area contributed by atoms with Crippen LogP contribution < -0.4 is 0 Å². The number of rotatable bonds is 4. The molecule has 1 rings (SSSR count). The zero-order chi connectivity index (χ0) is 13.7. The van der Waals surface area contributed by atoms with Gasteiger partial charge in [-0.3, -0.25) is 0 Å². The predicted molar refractivity (Wildman–Crippen MR) is 58.0 cm³/mol. The summed E-state index contributed by atoms with van der Waals surface area (Å²) < 4.78 is 30.2. The van der Waals surface area contributed by atoms with Crippen molar-refractivity contribution in [2.45, 2.75) is 20.0 Å². The van der Waals surface area contributed by atoms with E-state index in [1.165, 1.54) is 6.07 Å². The number of ether oxygens (including phenoxy) is 1. The van der Waals surface area contributed by atoms with Gasteiger partial charge in [0.1, 0.15) is 6.07 Å². The molecular formula is C12H11F2NO3. The molecule has 0 aliphatic carbocycles. The van der Waals surface area contributed by atoms with E-state index < -0.39 is 30.1 Å². The Labute approximate surface area is 102 Å². The summed E-state index contributed by atoms with van der Waals surface area (Å²) in [5.41, 5.74) is -1.11. The molecule has 0 saturated carbocycles. The first-order valence-electron chi connectivity index (χ1n) is 5.18. The van der Waals surface area contributed by atoms with Crippen molar-refractivity contribution < 1.29 is 23.4 Å². The fourth-order valence-corrected chi connectivity index (χ4v) is 1.48. The summed E-state index contributed by atoms with van der Waals surface area (Å²) in [6, 6.07) is 3.76. The van der Waals surface area contributed by atoms with Crippen LogP contribution in [0.3, 0.4) is 0 Å². The minimum atomic E-state index is -2.90. The molecule has 6 heteroatoms. The molecular weight excluding hydrogens is 244 g/mol.